The molecular weight excluding hydrogens is 339 g/mol. The van der Waals surface area contributed by atoms with E-state index in [1.807, 2.05) is 17.0 Å². The maximum atomic E-state index is 12.9. The number of nitrogens with zero attached hydrogens (tertiary/aromatic N) is 2. The molecule has 25 heavy (non-hydrogen) atoms. The molecule has 132 valence electrons. The Labute approximate surface area is 153 Å². The number of rotatable bonds is 5. The molecule has 0 unspecified atom stereocenters. The summed E-state index contributed by atoms with van der Waals surface area (Å²) < 4.78 is 12.9. The molecule has 0 radical (unpaired) electrons. The zero-order valence-electron chi connectivity index (χ0n) is 14.1. The van der Waals surface area contributed by atoms with Gasteiger partial charge in [-0.05, 0) is 41.8 Å². The van der Waals surface area contributed by atoms with E-state index in [9.17, 15) is 9.18 Å². The van der Waals surface area contributed by atoms with E-state index in [-0.39, 0.29) is 11.7 Å². The van der Waals surface area contributed by atoms with Crippen molar-refractivity contribution < 1.29 is 9.18 Å². The normalized spacial score (nSPS) is 15.4. The van der Waals surface area contributed by atoms with Crippen molar-refractivity contribution >= 4 is 17.5 Å². The van der Waals surface area contributed by atoms with Crippen molar-refractivity contribution in [3.8, 4) is 0 Å². The van der Waals surface area contributed by atoms with Crippen LogP contribution in [0.3, 0.4) is 0 Å². The number of hydrogen-bond acceptors (Lipinski definition) is 2. The van der Waals surface area contributed by atoms with E-state index >= 15 is 0 Å². The molecule has 2 aromatic carbocycles. The standard InChI is InChI=1S/C20H22ClFN2O/c21-18-5-1-16(2-6-18)9-10-23-11-13-24(14-12-23)20(25)15-17-3-7-19(22)8-4-17/h1-8H,9-15H2. The molecule has 2 aromatic rings. The first-order chi connectivity index (χ1) is 12.1. The van der Waals surface area contributed by atoms with E-state index in [1.54, 1.807) is 12.1 Å². The van der Waals surface area contributed by atoms with Crippen LogP contribution in [0.1, 0.15) is 11.1 Å². The second kappa shape index (κ2) is 8.45. The zero-order chi connectivity index (χ0) is 17.6. The Hall–Kier alpha value is -1.91. The number of carbonyl (C=O) groups is 1. The van der Waals surface area contributed by atoms with Crippen LogP contribution >= 0.6 is 11.6 Å². The van der Waals surface area contributed by atoms with Crippen LogP contribution in [0.25, 0.3) is 0 Å². The van der Waals surface area contributed by atoms with Crippen molar-refractivity contribution in [1.82, 2.24) is 9.80 Å². The monoisotopic (exact) mass is 360 g/mol. The fourth-order valence-electron chi connectivity index (χ4n) is 3.05. The second-order valence-electron chi connectivity index (χ2n) is 6.40. The fourth-order valence-corrected chi connectivity index (χ4v) is 3.17. The summed E-state index contributed by atoms with van der Waals surface area (Å²) in [5.41, 5.74) is 2.13. The Balaban J connectivity index is 1.42. The van der Waals surface area contributed by atoms with Crippen molar-refractivity contribution in [2.24, 2.45) is 0 Å². The zero-order valence-corrected chi connectivity index (χ0v) is 14.9. The summed E-state index contributed by atoms with van der Waals surface area (Å²) in [7, 11) is 0. The minimum atomic E-state index is -0.273. The van der Waals surface area contributed by atoms with Crippen molar-refractivity contribution in [3.63, 3.8) is 0 Å². The Kier molecular flexibility index (Phi) is 6.05. The van der Waals surface area contributed by atoms with Gasteiger partial charge in [-0.3, -0.25) is 9.69 Å². The van der Waals surface area contributed by atoms with Gasteiger partial charge in [0.2, 0.25) is 5.91 Å². The van der Waals surface area contributed by atoms with Gasteiger partial charge in [0.25, 0.3) is 0 Å². The molecule has 5 heteroatoms. The van der Waals surface area contributed by atoms with Crippen LogP contribution < -0.4 is 0 Å². The van der Waals surface area contributed by atoms with Gasteiger partial charge in [-0.1, -0.05) is 35.9 Å². The van der Waals surface area contributed by atoms with E-state index in [2.05, 4.69) is 17.0 Å². The highest BCUT2D eigenvalue weighted by atomic mass is 35.5. The maximum absolute atomic E-state index is 12.9. The number of benzene rings is 2. The van der Waals surface area contributed by atoms with Crippen LogP contribution in [-0.4, -0.2) is 48.4 Å². The van der Waals surface area contributed by atoms with E-state index < -0.39 is 0 Å². The van der Waals surface area contributed by atoms with Gasteiger partial charge in [-0.25, -0.2) is 4.39 Å². The van der Waals surface area contributed by atoms with Crippen LogP contribution in [0.5, 0.6) is 0 Å². The quantitative estimate of drug-likeness (QED) is 0.815. The van der Waals surface area contributed by atoms with Crippen molar-refractivity contribution in [1.29, 1.82) is 0 Å². The summed E-state index contributed by atoms with van der Waals surface area (Å²) in [5, 5.41) is 0.761. The topological polar surface area (TPSA) is 23.6 Å². The highest BCUT2D eigenvalue weighted by Gasteiger charge is 2.20. The summed E-state index contributed by atoms with van der Waals surface area (Å²) in [6.07, 6.45) is 1.33. The molecule has 1 fully saturated rings. The first kappa shape index (κ1) is 17.9. The third-order valence-corrected chi connectivity index (χ3v) is 4.88. The van der Waals surface area contributed by atoms with Gasteiger partial charge in [-0.2, -0.15) is 0 Å². The summed E-state index contributed by atoms with van der Waals surface area (Å²) in [6, 6.07) is 14.1. The Morgan fingerprint density at radius 2 is 1.52 bits per heavy atom. The summed E-state index contributed by atoms with van der Waals surface area (Å²) in [5.74, 6) is -0.158. The molecule has 3 rings (SSSR count). The molecule has 1 saturated heterocycles. The molecule has 0 spiro atoms. The number of hydrogen-bond donors (Lipinski definition) is 0. The lowest BCUT2D eigenvalue weighted by molar-refractivity contribution is -0.132. The van der Waals surface area contributed by atoms with Crippen LogP contribution in [0.4, 0.5) is 4.39 Å². The first-order valence-corrected chi connectivity index (χ1v) is 8.97. The van der Waals surface area contributed by atoms with Gasteiger partial charge in [0.1, 0.15) is 5.82 Å². The fraction of sp³-hybridized carbons (Fsp3) is 0.350. The van der Waals surface area contributed by atoms with Gasteiger partial charge >= 0.3 is 0 Å². The van der Waals surface area contributed by atoms with Crippen molar-refractivity contribution in [2.75, 3.05) is 32.7 Å². The highest BCUT2D eigenvalue weighted by Crippen LogP contribution is 2.12. The average molecular weight is 361 g/mol. The third-order valence-electron chi connectivity index (χ3n) is 4.62. The van der Waals surface area contributed by atoms with Crippen LogP contribution in [0.2, 0.25) is 5.02 Å². The smallest absolute Gasteiger partial charge is 0.227 e. The molecule has 3 nitrogen and oxygen atoms in total. The minimum Gasteiger partial charge on any atom is -0.340 e. The Bertz CT molecular complexity index is 695. The van der Waals surface area contributed by atoms with E-state index in [4.69, 9.17) is 11.6 Å². The van der Waals surface area contributed by atoms with Crippen molar-refractivity contribution in [3.05, 3.63) is 70.5 Å². The minimum absolute atomic E-state index is 0.115. The SMILES string of the molecule is O=C(Cc1ccc(F)cc1)N1CCN(CCc2ccc(Cl)cc2)CC1. The molecule has 1 heterocycles. The number of piperazine rings is 1. The summed E-state index contributed by atoms with van der Waals surface area (Å²) in [6.45, 7) is 4.27. The molecule has 0 aliphatic carbocycles. The highest BCUT2D eigenvalue weighted by molar-refractivity contribution is 6.30. The molecular formula is C20H22ClFN2O. The van der Waals surface area contributed by atoms with Gasteiger partial charge < -0.3 is 4.90 Å². The van der Waals surface area contributed by atoms with Gasteiger partial charge in [0, 0.05) is 37.7 Å². The van der Waals surface area contributed by atoms with Crippen molar-refractivity contribution in [2.45, 2.75) is 12.8 Å². The number of amides is 1. The predicted molar refractivity (Wildman–Crippen MR) is 98.3 cm³/mol. The third kappa shape index (κ3) is 5.28. The molecule has 0 N–H and O–H groups in total. The van der Waals surface area contributed by atoms with Crippen LogP contribution in [0.15, 0.2) is 48.5 Å². The molecule has 0 bridgehead atoms. The summed E-state index contributed by atoms with van der Waals surface area (Å²) >= 11 is 5.91. The largest absolute Gasteiger partial charge is 0.340 e. The number of carbonyl (C=O) groups excluding carboxylic acids is 1. The Morgan fingerprint density at radius 1 is 0.920 bits per heavy atom. The van der Waals surface area contributed by atoms with Crippen LogP contribution in [-0.2, 0) is 17.6 Å². The lowest BCUT2D eigenvalue weighted by Crippen LogP contribution is -2.49. The average Bonchev–Trinajstić information content (AvgIpc) is 2.63. The van der Waals surface area contributed by atoms with E-state index in [0.717, 1.165) is 49.7 Å². The predicted octanol–water partition coefficient (Wildman–Crippen LogP) is 3.41. The van der Waals surface area contributed by atoms with Crippen LogP contribution in [0, 0.1) is 5.82 Å². The second-order valence-corrected chi connectivity index (χ2v) is 6.84. The Morgan fingerprint density at radius 3 is 2.16 bits per heavy atom. The molecule has 0 atom stereocenters. The summed E-state index contributed by atoms with van der Waals surface area (Å²) in [4.78, 5) is 16.7. The van der Waals surface area contributed by atoms with Gasteiger partial charge in [-0.15, -0.1) is 0 Å². The van der Waals surface area contributed by atoms with E-state index in [0.29, 0.717) is 6.42 Å². The first-order valence-electron chi connectivity index (χ1n) is 8.59. The van der Waals surface area contributed by atoms with Gasteiger partial charge in [0.05, 0.1) is 6.42 Å². The molecule has 0 aromatic heterocycles. The molecule has 1 aliphatic rings. The molecule has 1 aliphatic heterocycles. The lowest BCUT2D eigenvalue weighted by atomic mass is 10.1. The van der Waals surface area contributed by atoms with E-state index in [1.165, 1.54) is 17.7 Å². The molecule has 1 amide bonds. The lowest BCUT2D eigenvalue weighted by Gasteiger charge is -2.34. The molecule has 0 saturated carbocycles. The maximum Gasteiger partial charge on any atom is 0.227 e. The number of halogens is 2. The van der Waals surface area contributed by atoms with Gasteiger partial charge in [0.15, 0.2) is 0 Å².